The molecule has 136 valence electrons. The van der Waals surface area contributed by atoms with E-state index in [4.69, 9.17) is 23.2 Å². The van der Waals surface area contributed by atoms with Gasteiger partial charge < -0.3 is 4.90 Å². The van der Waals surface area contributed by atoms with Gasteiger partial charge in [-0.2, -0.15) is 0 Å². The van der Waals surface area contributed by atoms with Crippen molar-refractivity contribution >= 4 is 33.2 Å². The van der Waals surface area contributed by atoms with Crippen molar-refractivity contribution in [3.63, 3.8) is 0 Å². The molecule has 1 heterocycles. The van der Waals surface area contributed by atoms with E-state index in [1.165, 1.54) is 25.7 Å². The predicted octanol–water partition coefficient (Wildman–Crippen LogP) is 4.07. The third kappa shape index (κ3) is 6.19. The van der Waals surface area contributed by atoms with Gasteiger partial charge in [0.15, 0.2) is 0 Å². The van der Waals surface area contributed by atoms with Gasteiger partial charge >= 0.3 is 0 Å². The molecule has 0 amide bonds. The molecule has 0 unspecified atom stereocenters. The van der Waals surface area contributed by atoms with E-state index in [1.54, 1.807) is 18.2 Å². The maximum absolute atomic E-state index is 12.2. The molecule has 1 aliphatic rings. The number of piperidine rings is 1. The van der Waals surface area contributed by atoms with Crippen molar-refractivity contribution in [2.45, 2.75) is 50.8 Å². The van der Waals surface area contributed by atoms with Crippen molar-refractivity contribution in [1.29, 1.82) is 0 Å². The Morgan fingerprint density at radius 3 is 2.79 bits per heavy atom. The Labute approximate surface area is 155 Å². The minimum atomic E-state index is -3.39. The van der Waals surface area contributed by atoms with E-state index >= 15 is 0 Å². The highest BCUT2D eigenvalue weighted by atomic mass is 35.5. The first-order chi connectivity index (χ1) is 11.4. The largest absolute Gasteiger partial charge is 0.300 e. The normalized spacial score (nSPS) is 19.5. The quantitative estimate of drug-likeness (QED) is 0.678. The van der Waals surface area contributed by atoms with Crippen LogP contribution in [0.15, 0.2) is 18.2 Å². The molecule has 1 aromatic rings. The third-order valence-corrected chi connectivity index (χ3v) is 6.45. The fraction of sp³-hybridized carbons (Fsp3) is 0.647. The predicted molar refractivity (Wildman–Crippen MR) is 101 cm³/mol. The smallest absolute Gasteiger partial charge is 0.215 e. The van der Waals surface area contributed by atoms with Gasteiger partial charge in [0, 0.05) is 22.6 Å². The molecule has 0 radical (unpaired) electrons. The summed E-state index contributed by atoms with van der Waals surface area (Å²) in [6.07, 6.45) is 5.81. The first-order valence-electron chi connectivity index (χ1n) is 8.56. The monoisotopic (exact) mass is 392 g/mol. The number of rotatable bonds is 8. The number of likely N-dealkylation sites (tertiary alicyclic amines) is 1. The van der Waals surface area contributed by atoms with Crippen LogP contribution in [0.1, 0.15) is 44.6 Å². The van der Waals surface area contributed by atoms with Crippen molar-refractivity contribution in [3.05, 3.63) is 33.8 Å². The molecule has 0 saturated carbocycles. The van der Waals surface area contributed by atoms with Gasteiger partial charge in [0.25, 0.3) is 0 Å². The van der Waals surface area contributed by atoms with Crippen molar-refractivity contribution < 1.29 is 8.42 Å². The lowest BCUT2D eigenvalue weighted by molar-refractivity contribution is 0.143. The topological polar surface area (TPSA) is 49.4 Å². The van der Waals surface area contributed by atoms with E-state index in [0.717, 1.165) is 19.5 Å². The Kier molecular flexibility index (Phi) is 7.82. The first kappa shape index (κ1) is 20.0. The lowest BCUT2D eigenvalue weighted by Gasteiger charge is -2.35. The van der Waals surface area contributed by atoms with Gasteiger partial charge in [-0.05, 0) is 56.5 Å². The third-order valence-electron chi connectivity index (χ3n) is 4.53. The van der Waals surface area contributed by atoms with Crippen LogP contribution in [0.4, 0.5) is 0 Å². The molecule has 0 aromatic heterocycles. The molecule has 1 atom stereocenters. The molecule has 0 spiro atoms. The zero-order chi connectivity index (χ0) is 17.6. The second-order valence-corrected chi connectivity index (χ2v) is 8.99. The zero-order valence-electron chi connectivity index (χ0n) is 14.1. The van der Waals surface area contributed by atoms with Crippen molar-refractivity contribution in [3.8, 4) is 0 Å². The van der Waals surface area contributed by atoms with Crippen molar-refractivity contribution in [2.24, 2.45) is 0 Å². The second-order valence-electron chi connectivity index (χ2n) is 6.34. The minimum absolute atomic E-state index is 0.121. The summed E-state index contributed by atoms with van der Waals surface area (Å²) in [6, 6.07) is 5.53. The molecule has 7 heteroatoms. The summed E-state index contributed by atoms with van der Waals surface area (Å²) in [4.78, 5) is 2.49. The van der Waals surface area contributed by atoms with Gasteiger partial charge in [-0.25, -0.2) is 13.1 Å². The number of benzene rings is 1. The maximum Gasteiger partial charge on any atom is 0.215 e. The molecule has 4 nitrogen and oxygen atoms in total. The van der Waals surface area contributed by atoms with Crippen LogP contribution < -0.4 is 4.72 Å². The molecule has 1 aromatic carbocycles. The molecule has 0 aliphatic carbocycles. The summed E-state index contributed by atoms with van der Waals surface area (Å²) in [7, 11) is -3.39. The molecule has 1 aliphatic heterocycles. The van der Waals surface area contributed by atoms with Crippen LogP contribution in [0.5, 0.6) is 0 Å². The van der Waals surface area contributed by atoms with Crippen LogP contribution >= 0.6 is 23.2 Å². The number of hydrogen-bond acceptors (Lipinski definition) is 3. The molecule has 1 fully saturated rings. The molecular weight excluding hydrogens is 367 g/mol. The summed E-state index contributed by atoms with van der Waals surface area (Å²) in [5.41, 5.74) is 0.565. The summed E-state index contributed by atoms with van der Waals surface area (Å²) < 4.78 is 27.1. The summed E-state index contributed by atoms with van der Waals surface area (Å²) >= 11 is 11.9. The Morgan fingerprint density at radius 1 is 1.29 bits per heavy atom. The van der Waals surface area contributed by atoms with Crippen LogP contribution in [0.3, 0.4) is 0 Å². The fourth-order valence-corrected chi connectivity index (χ4v) is 4.99. The van der Waals surface area contributed by atoms with Crippen LogP contribution in [0.2, 0.25) is 10.0 Å². The first-order valence-corrected chi connectivity index (χ1v) is 11.0. The number of nitrogens with one attached hydrogen (secondary N) is 1. The minimum Gasteiger partial charge on any atom is -0.300 e. The molecule has 24 heavy (non-hydrogen) atoms. The number of hydrogen-bond donors (Lipinski definition) is 1. The highest BCUT2D eigenvalue weighted by Crippen LogP contribution is 2.22. The number of nitrogens with zero attached hydrogens (tertiary/aromatic N) is 1. The van der Waals surface area contributed by atoms with Crippen LogP contribution in [0.25, 0.3) is 0 Å². The number of halogens is 2. The Bertz CT molecular complexity index is 637. The molecule has 2 rings (SSSR count). The molecular formula is C17H26Cl2N2O2S. The zero-order valence-corrected chi connectivity index (χ0v) is 16.4. The van der Waals surface area contributed by atoms with Gasteiger partial charge in [0.2, 0.25) is 10.0 Å². The highest BCUT2D eigenvalue weighted by molar-refractivity contribution is 7.88. The SMILES string of the molecule is CC[C@@H]1CCCCN1CCCNS(=O)(=O)Cc1ccc(Cl)cc1Cl. The van der Waals surface area contributed by atoms with E-state index in [9.17, 15) is 8.42 Å². The van der Waals surface area contributed by atoms with Crippen molar-refractivity contribution in [1.82, 2.24) is 9.62 Å². The Balaban J connectivity index is 1.78. The Hall–Kier alpha value is -0.330. The molecule has 1 saturated heterocycles. The van der Waals surface area contributed by atoms with E-state index in [-0.39, 0.29) is 5.75 Å². The van der Waals surface area contributed by atoms with Crippen LogP contribution in [-0.2, 0) is 15.8 Å². The molecule has 0 bridgehead atoms. The summed E-state index contributed by atoms with van der Waals surface area (Å²) in [5.74, 6) is -0.121. The van der Waals surface area contributed by atoms with Crippen molar-refractivity contribution in [2.75, 3.05) is 19.6 Å². The van der Waals surface area contributed by atoms with Gasteiger partial charge in [-0.3, -0.25) is 0 Å². The maximum atomic E-state index is 12.2. The van der Waals surface area contributed by atoms with E-state index in [0.29, 0.717) is 28.2 Å². The summed E-state index contributed by atoms with van der Waals surface area (Å²) in [5, 5.41) is 0.882. The lowest BCUT2D eigenvalue weighted by Crippen LogP contribution is -2.40. The Morgan fingerprint density at radius 2 is 2.08 bits per heavy atom. The lowest BCUT2D eigenvalue weighted by atomic mass is 10.00. The second kappa shape index (κ2) is 9.39. The standard InChI is InChI=1S/C17H26Cl2N2O2S/c1-2-16-6-3-4-10-21(16)11-5-9-20-24(22,23)13-14-7-8-15(18)12-17(14)19/h7-8,12,16,20H,2-6,9-11,13H2,1H3/t16-/m1/s1. The summed E-state index contributed by atoms with van der Waals surface area (Å²) in [6.45, 7) is 4.76. The van der Waals surface area contributed by atoms with E-state index in [1.807, 2.05) is 0 Å². The fourth-order valence-electron chi connectivity index (χ4n) is 3.22. The van der Waals surface area contributed by atoms with Gasteiger partial charge in [-0.1, -0.05) is 42.6 Å². The molecule has 1 N–H and O–H groups in total. The number of sulfonamides is 1. The highest BCUT2D eigenvalue weighted by Gasteiger charge is 2.20. The van der Waals surface area contributed by atoms with E-state index in [2.05, 4.69) is 16.5 Å². The average molecular weight is 393 g/mol. The van der Waals surface area contributed by atoms with E-state index < -0.39 is 10.0 Å². The van der Waals surface area contributed by atoms with Crippen LogP contribution in [0, 0.1) is 0 Å². The van der Waals surface area contributed by atoms with Gasteiger partial charge in [0.1, 0.15) is 0 Å². The van der Waals surface area contributed by atoms with Gasteiger partial charge in [-0.15, -0.1) is 0 Å². The van der Waals surface area contributed by atoms with Crippen LogP contribution in [-0.4, -0.2) is 39.0 Å². The van der Waals surface area contributed by atoms with Gasteiger partial charge in [0.05, 0.1) is 5.75 Å². The average Bonchev–Trinajstić information content (AvgIpc) is 2.54.